The summed E-state index contributed by atoms with van der Waals surface area (Å²) in [5, 5.41) is 7.52. The third kappa shape index (κ3) is 3.93. The van der Waals surface area contributed by atoms with Crippen LogP contribution in [0.15, 0.2) is 36.7 Å². The summed E-state index contributed by atoms with van der Waals surface area (Å²) in [7, 11) is 0. The number of rotatable bonds is 6. The van der Waals surface area contributed by atoms with Gasteiger partial charge >= 0.3 is 5.97 Å². The number of carbonyl (C=O) groups is 1. The minimum atomic E-state index is -0.248. The van der Waals surface area contributed by atoms with E-state index < -0.39 is 0 Å². The summed E-state index contributed by atoms with van der Waals surface area (Å²) in [5.41, 5.74) is 2.82. The van der Waals surface area contributed by atoms with Crippen molar-refractivity contribution in [2.75, 3.05) is 5.32 Å². The molecule has 0 fully saturated rings. The van der Waals surface area contributed by atoms with Gasteiger partial charge in [0.15, 0.2) is 0 Å². The highest BCUT2D eigenvalue weighted by molar-refractivity contribution is 5.70. The standard InChI is InChI=1S/C18H21N5O2/c1-12(9-16(24)25-10-15-7-5-4-6-8-15)21-17-13(2)14(3)22-18-19-11-20-23(17)18/h4-8,11-12,21H,9-10H2,1-3H3. The zero-order valence-electron chi connectivity index (χ0n) is 14.6. The van der Waals surface area contributed by atoms with Crippen LogP contribution in [-0.2, 0) is 16.1 Å². The van der Waals surface area contributed by atoms with Gasteiger partial charge in [0.2, 0.25) is 0 Å². The van der Waals surface area contributed by atoms with Crippen LogP contribution in [0.25, 0.3) is 5.78 Å². The predicted molar refractivity (Wildman–Crippen MR) is 94.2 cm³/mol. The molecule has 1 atom stereocenters. The van der Waals surface area contributed by atoms with E-state index in [9.17, 15) is 4.79 Å². The maximum Gasteiger partial charge on any atom is 0.308 e. The van der Waals surface area contributed by atoms with E-state index in [4.69, 9.17) is 4.74 Å². The predicted octanol–water partition coefficient (Wildman–Crippen LogP) is 2.68. The number of carbonyl (C=O) groups excluding carboxylic acids is 1. The number of benzene rings is 1. The molecule has 2 heterocycles. The van der Waals surface area contributed by atoms with E-state index in [0.29, 0.717) is 5.78 Å². The Bertz CT molecular complexity index is 876. The third-order valence-electron chi connectivity index (χ3n) is 4.01. The van der Waals surface area contributed by atoms with Crippen molar-refractivity contribution in [1.29, 1.82) is 0 Å². The van der Waals surface area contributed by atoms with Crippen molar-refractivity contribution in [1.82, 2.24) is 19.6 Å². The maximum absolute atomic E-state index is 12.1. The van der Waals surface area contributed by atoms with Crippen molar-refractivity contribution in [3.05, 3.63) is 53.5 Å². The fourth-order valence-electron chi connectivity index (χ4n) is 2.53. The Labute approximate surface area is 146 Å². The van der Waals surface area contributed by atoms with Crippen LogP contribution in [0.5, 0.6) is 0 Å². The van der Waals surface area contributed by atoms with E-state index >= 15 is 0 Å². The minimum absolute atomic E-state index is 0.115. The Balaban J connectivity index is 1.63. The lowest BCUT2D eigenvalue weighted by Crippen LogP contribution is -2.23. The number of aromatic nitrogens is 4. The van der Waals surface area contributed by atoms with Gasteiger partial charge < -0.3 is 10.1 Å². The van der Waals surface area contributed by atoms with E-state index in [-0.39, 0.29) is 25.0 Å². The van der Waals surface area contributed by atoms with Gasteiger partial charge in [-0.2, -0.15) is 14.6 Å². The van der Waals surface area contributed by atoms with Gasteiger partial charge in [-0.15, -0.1) is 0 Å². The van der Waals surface area contributed by atoms with Crippen LogP contribution >= 0.6 is 0 Å². The van der Waals surface area contributed by atoms with Crippen molar-refractivity contribution < 1.29 is 9.53 Å². The molecule has 1 aromatic carbocycles. The summed E-state index contributed by atoms with van der Waals surface area (Å²) >= 11 is 0. The smallest absolute Gasteiger partial charge is 0.308 e. The van der Waals surface area contributed by atoms with Crippen LogP contribution < -0.4 is 5.32 Å². The van der Waals surface area contributed by atoms with Gasteiger partial charge in [-0.25, -0.2) is 4.98 Å². The molecule has 2 aromatic heterocycles. The van der Waals surface area contributed by atoms with Crippen LogP contribution in [0.2, 0.25) is 0 Å². The van der Waals surface area contributed by atoms with Crippen LogP contribution in [0.3, 0.4) is 0 Å². The van der Waals surface area contributed by atoms with Crippen molar-refractivity contribution >= 4 is 17.6 Å². The van der Waals surface area contributed by atoms with E-state index in [1.165, 1.54) is 6.33 Å². The lowest BCUT2D eigenvalue weighted by atomic mass is 10.2. The Kier molecular flexibility index (Phi) is 4.92. The largest absolute Gasteiger partial charge is 0.461 e. The molecule has 3 aromatic rings. The second-order valence-corrected chi connectivity index (χ2v) is 6.04. The van der Waals surface area contributed by atoms with Gasteiger partial charge in [0, 0.05) is 17.3 Å². The molecular weight excluding hydrogens is 318 g/mol. The van der Waals surface area contributed by atoms with Gasteiger partial charge in [-0.3, -0.25) is 4.79 Å². The fraction of sp³-hybridized carbons (Fsp3) is 0.333. The zero-order chi connectivity index (χ0) is 17.8. The Morgan fingerprint density at radius 3 is 2.80 bits per heavy atom. The highest BCUT2D eigenvalue weighted by atomic mass is 16.5. The topological polar surface area (TPSA) is 81.4 Å². The zero-order valence-corrected chi connectivity index (χ0v) is 14.6. The van der Waals surface area contributed by atoms with E-state index in [1.807, 2.05) is 51.1 Å². The van der Waals surface area contributed by atoms with E-state index in [1.54, 1.807) is 4.52 Å². The number of ether oxygens (including phenoxy) is 1. The number of aryl methyl sites for hydroxylation is 1. The van der Waals surface area contributed by atoms with Gasteiger partial charge in [-0.1, -0.05) is 30.3 Å². The molecule has 0 saturated carbocycles. The summed E-state index contributed by atoms with van der Waals surface area (Å²) < 4.78 is 6.98. The molecule has 25 heavy (non-hydrogen) atoms. The Hall–Kier alpha value is -2.96. The molecule has 7 nitrogen and oxygen atoms in total. The molecule has 0 saturated heterocycles. The van der Waals surface area contributed by atoms with Gasteiger partial charge in [0.1, 0.15) is 18.8 Å². The molecule has 0 aliphatic rings. The van der Waals surface area contributed by atoms with Gasteiger partial charge in [0.05, 0.1) is 6.42 Å². The number of hydrogen-bond donors (Lipinski definition) is 1. The molecule has 0 bridgehead atoms. The number of fused-ring (bicyclic) bond motifs is 1. The second-order valence-electron chi connectivity index (χ2n) is 6.04. The quantitative estimate of drug-likeness (QED) is 0.695. The van der Waals surface area contributed by atoms with Crippen molar-refractivity contribution in [3.8, 4) is 0 Å². The monoisotopic (exact) mass is 339 g/mol. The summed E-state index contributed by atoms with van der Waals surface area (Å²) in [6.45, 7) is 6.11. The summed E-state index contributed by atoms with van der Waals surface area (Å²) in [5.74, 6) is 1.08. The van der Waals surface area contributed by atoms with Crippen LogP contribution in [0.1, 0.15) is 30.2 Å². The molecule has 0 aliphatic heterocycles. The Morgan fingerprint density at radius 2 is 2.04 bits per heavy atom. The van der Waals surface area contributed by atoms with E-state index in [2.05, 4.69) is 20.4 Å². The fourth-order valence-corrected chi connectivity index (χ4v) is 2.53. The summed E-state index contributed by atoms with van der Waals surface area (Å²) in [6, 6.07) is 9.52. The number of nitrogens with zero attached hydrogens (tertiary/aromatic N) is 4. The first-order valence-electron chi connectivity index (χ1n) is 8.17. The third-order valence-corrected chi connectivity index (χ3v) is 4.01. The van der Waals surface area contributed by atoms with Gasteiger partial charge in [-0.05, 0) is 26.3 Å². The molecule has 0 amide bonds. The molecule has 0 aliphatic carbocycles. The van der Waals surface area contributed by atoms with Crippen LogP contribution in [0.4, 0.5) is 5.82 Å². The lowest BCUT2D eigenvalue weighted by Gasteiger charge is -2.18. The molecular formula is C18H21N5O2. The molecule has 7 heteroatoms. The van der Waals surface area contributed by atoms with Crippen molar-refractivity contribution in [2.24, 2.45) is 0 Å². The van der Waals surface area contributed by atoms with E-state index in [0.717, 1.165) is 22.6 Å². The minimum Gasteiger partial charge on any atom is -0.461 e. The highest BCUT2D eigenvalue weighted by Crippen LogP contribution is 2.19. The average molecular weight is 339 g/mol. The molecule has 130 valence electrons. The summed E-state index contributed by atoms with van der Waals surface area (Å²) in [6.07, 6.45) is 1.72. The molecule has 0 spiro atoms. The number of anilines is 1. The lowest BCUT2D eigenvalue weighted by molar-refractivity contribution is -0.145. The van der Waals surface area contributed by atoms with Crippen LogP contribution in [0, 0.1) is 13.8 Å². The van der Waals surface area contributed by atoms with Crippen molar-refractivity contribution in [2.45, 2.75) is 39.8 Å². The SMILES string of the molecule is Cc1nc2ncnn2c(NC(C)CC(=O)OCc2ccccc2)c1C. The van der Waals surface area contributed by atoms with Crippen LogP contribution in [-0.4, -0.2) is 31.6 Å². The average Bonchev–Trinajstić information content (AvgIpc) is 3.06. The number of hydrogen-bond acceptors (Lipinski definition) is 6. The first kappa shape index (κ1) is 16.9. The second kappa shape index (κ2) is 7.29. The molecule has 1 unspecified atom stereocenters. The normalized spacial score (nSPS) is 12.1. The Morgan fingerprint density at radius 1 is 1.28 bits per heavy atom. The van der Waals surface area contributed by atoms with Gasteiger partial charge in [0.25, 0.3) is 5.78 Å². The maximum atomic E-state index is 12.1. The molecule has 3 rings (SSSR count). The first-order valence-corrected chi connectivity index (χ1v) is 8.17. The summed E-state index contributed by atoms with van der Waals surface area (Å²) in [4.78, 5) is 20.6. The van der Waals surface area contributed by atoms with Crippen molar-refractivity contribution in [3.63, 3.8) is 0 Å². The molecule has 1 N–H and O–H groups in total. The first-order chi connectivity index (χ1) is 12.0. The number of nitrogens with one attached hydrogen (secondary N) is 1. The number of esters is 1. The molecule has 0 radical (unpaired) electrons. The highest BCUT2D eigenvalue weighted by Gasteiger charge is 2.16.